The Morgan fingerprint density at radius 1 is 1.14 bits per heavy atom. The van der Waals surface area contributed by atoms with Gasteiger partial charge in [-0.2, -0.15) is 0 Å². The fourth-order valence-electron chi connectivity index (χ4n) is 3.93. The normalized spacial score (nSPS) is 14.9. The number of rotatable bonds is 5. The Labute approximate surface area is 171 Å². The Hall–Kier alpha value is -3.12. The van der Waals surface area contributed by atoms with Crippen molar-refractivity contribution in [3.05, 3.63) is 80.6 Å². The van der Waals surface area contributed by atoms with Crippen molar-refractivity contribution in [1.82, 2.24) is 10.3 Å². The zero-order valence-corrected chi connectivity index (χ0v) is 16.3. The lowest BCUT2D eigenvalue weighted by Crippen LogP contribution is -2.49. The molecule has 4 rings (SSSR count). The van der Waals surface area contributed by atoms with Gasteiger partial charge in [0.25, 0.3) is 5.56 Å². The van der Waals surface area contributed by atoms with Crippen LogP contribution in [0.3, 0.4) is 0 Å². The highest BCUT2D eigenvalue weighted by Gasteiger charge is 2.45. The number of aromatic carboxylic acids is 1. The number of carbonyl (C=O) groups excluding carboxylic acids is 1. The van der Waals surface area contributed by atoms with Gasteiger partial charge in [0.15, 0.2) is 0 Å². The molecule has 0 spiro atoms. The van der Waals surface area contributed by atoms with Crippen molar-refractivity contribution < 1.29 is 14.7 Å². The van der Waals surface area contributed by atoms with E-state index in [0.717, 1.165) is 24.8 Å². The van der Waals surface area contributed by atoms with Gasteiger partial charge in [0.1, 0.15) is 5.56 Å². The molecule has 1 aliphatic carbocycles. The number of amides is 1. The number of hydrogen-bond acceptors (Lipinski definition) is 3. The number of aromatic nitrogens is 1. The van der Waals surface area contributed by atoms with E-state index in [0.29, 0.717) is 21.5 Å². The van der Waals surface area contributed by atoms with E-state index in [1.165, 1.54) is 6.07 Å². The van der Waals surface area contributed by atoms with Crippen molar-refractivity contribution in [2.24, 2.45) is 0 Å². The van der Waals surface area contributed by atoms with Crippen LogP contribution < -0.4 is 10.9 Å². The Kier molecular flexibility index (Phi) is 4.88. The van der Waals surface area contributed by atoms with Crippen molar-refractivity contribution in [1.29, 1.82) is 0 Å². The third-order valence-corrected chi connectivity index (χ3v) is 5.85. The van der Waals surface area contributed by atoms with Crippen LogP contribution in [-0.4, -0.2) is 22.0 Å². The molecule has 1 fully saturated rings. The zero-order chi connectivity index (χ0) is 20.6. The number of benzene rings is 2. The molecule has 0 bridgehead atoms. The first-order valence-corrected chi connectivity index (χ1v) is 9.71. The predicted octanol–water partition coefficient (Wildman–Crippen LogP) is 3.62. The Morgan fingerprint density at radius 2 is 1.86 bits per heavy atom. The maximum absolute atomic E-state index is 13.1. The van der Waals surface area contributed by atoms with Crippen LogP contribution in [0.4, 0.5) is 0 Å². The molecular formula is C22H19ClN2O4. The van der Waals surface area contributed by atoms with E-state index in [4.69, 9.17) is 16.7 Å². The molecule has 3 aromatic rings. The van der Waals surface area contributed by atoms with Crippen LogP contribution in [0, 0.1) is 0 Å². The number of carboxylic acid groups (broad SMARTS) is 1. The highest BCUT2D eigenvalue weighted by Crippen LogP contribution is 2.44. The molecule has 0 saturated heterocycles. The number of carbonyl (C=O) groups is 2. The van der Waals surface area contributed by atoms with Crippen LogP contribution >= 0.6 is 11.6 Å². The molecule has 1 amide bonds. The first kappa shape index (κ1) is 19.2. The fourth-order valence-corrected chi connectivity index (χ4v) is 4.18. The third-order valence-electron chi connectivity index (χ3n) is 5.64. The minimum atomic E-state index is -1.31. The predicted molar refractivity (Wildman–Crippen MR) is 110 cm³/mol. The number of hydrogen-bond donors (Lipinski definition) is 3. The molecular weight excluding hydrogens is 392 g/mol. The minimum absolute atomic E-state index is 0.0624. The fraction of sp³-hybridized carbons (Fsp3) is 0.227. The molecule has 7 heteroatoms. The number of pyridine rings is 1. The van der Waals surface area contributed by atoms with E-state index < -0.39 is 16.9 Å². The lowest BCUT2D eigenvalue weighted by molar-refractivity contribution is -0.130. The van der Waals surface area contributed by atoms with Crippen LogP contribution in [0.25, 0.3) is 10.9 Å². The topological polar surface area (TPSA) is 99.3 Å². The third kappa shape index (κ3) is 3.40. The van der Waals surface area contributed by atoms with E-state index in [2.05, 4.69) is 10.3 Å². The van der Waals surface area contributed by atoms with Crippen LogP contribution in [0.5, 0.6) is 0 Å². The lowest BCUT2D eigenvalue weighted by atomic mass is 9.64. The molecule has 1 heterocycles. The van der Waals surface area contributed by atoms with Crippen molar-refractivity contribution in [3.63, 3.8) is 0 Å². The number of carboxylic acids is 1. The summed E-state index contributed by atoms with van der Waals surface area (Å²) in [5.41, 5.74) is 0.509. The van der Waals surface area contributed by atoms with Crippen molar-refractivity contribution >= 4 is 34.4 Å². The highest BCUT2D eigenvalue weighted by atomic mass is 35.5. The molecule has 29 heavy (non-hydrogen) atoms. The van der Waals surface area contributed by atoms with Gasteiger partial charge in [-0.25, -0.2) is 4.79 Å². The zero-order valence-electron chi connectivity index (χ0n) is 15.5. The summed E-state index contributed by atoms with van der Waals surface area (Å²) < 4.78 is 0. The number of H-pyrrole nitrogens is 1. The summed E-state index contributed by atoms with van der Waals surface area (Å²) in [5.74, 6) is -1.37. The summed E-state index contributed by atoms with van der Waals surface area (Å²) in [6.07, 6.45) is 2.57. The van der Waals surface area contributed by atoms with E-state index in [1.807, 2.05) is 30.3 Å². The maximum Gasteiger partial charge on any atom is 0.341 e. The highest BCUT2D eigenvalue weighted by molar-refractivity contribution is 6.31. The van der Waals surface area contributed by atoms with Gasteiger partial charge >= 0.3 is 5.97 Å². The van der Waals surface area contributed by atoms with Crippen LogP contribution in [-0.2, 0) is 16.8 Å². The summed E-state index contributed by atoms with van der Waals surface area (Å²) in [6, 6.07) is 14.3. The van der Waals surface area contributed by atoms with Gasteiger partial charge in [-0.1, -0.05) is 48.4 Å². The SMILES string of the molecule is O=C(O)c1cc2cc(Cl)cc(CNC(=O)C3(c4ccccc4)CCC3)c2[nH]c1=O. The first-order chi connectivity index (χ1) is 13.9. The van der Waals surface area contributed by atoms with Gasteiger partial charge in [-0.05, 0) is 42.2 Å². The average Bonchev–Trinajstić information content (AvgIpc) is 2.66. The Morgan fingerprint density at radius 3 is 2.48 bits per heavy atom. The van der Waals surface area contributed by atoms with Gasteiger partial charge in [0.05, 0.1) is 10.9 Å². The van der Waals surface area contributed by atoms with E-state index in [9.17, 15) is 14.4 Å². The van der Waals surface area contributed by atoms with Crippen molar-refractivity contribution in [3.8, 4) is 0 Å². The Balaban J connectivity index is 1.64. The van der Waals surface area contributed by atoms with E-state index in [-0.39, 0.29) is 18.0 Å². The number of halogens is 1. The van der Waals surface area contributed by atoms with Crippen LogP contribution in [0.1, 0.15) is 40.7 Å². The van der Waals surface area contributed by atoms with Gasteiger partial charge in [-0.15, -0.1) is 0 Å². The second-order valence-electron chi connectivity index (χ2n) is 7.33. The molecule has 3 N–H and O–H groups in total. The van der Waals surface area contributed by atoms with Gasteiger partial charge < -0.3 is 15.4 Å². The number of aromatic amines is 1. The maximum atomic E-state index is 13.1. The quantitative estimate of drug-likeness (QED) is 0.598. The summed E-state index contributed by atoms with van der Waals surface area (Å²) in [4.78, 5) is 39.0. The number of nitrogens with one attached hydrogen (secondary N) is 2. The Bertz CT molecular complexity index is 1170. The second kappa shape index (κ2) is 7.37. The van der Waals surface area contributed by atoms with Crippen LogP contribution in [0.2, 0.25) is 5.02 Å². The summed E-state index contributed by atoms with van der Waals surface area (Å²) in [7, 11) is 0. The summed E-state index contributed by atoms with van der Waals surface area (Å²) >= 11 is 6.18. The molecule has 2 aromatic carbocycles. The second-order valence-corrected chi connectivity index (χ2v) is 7.77. The molecule has 1 saturated carbocycles. The molecule has 0 radical (unpaired) electrons. The molecule has 6 nitrogen and oxygen atoms in total. The van der Waals surface area contributed by atoms with Gasteiger partial charge in [0, 0.05) is 17.0 Å². The van der Waals surface area contributed by atoms with Gasteiger partial charge in [0.2, 0.25) is 5.91 Å². The molecule has 148 valence electrons. The molecule has 0 atom stereocenters. The summed E-state index contributed by atoms with van der Waals surface area (Å²) in [5, 5.41) is 13.0. The van der Waals surface area contributed by atoms with E-state index in [1.54, 1.807) is 12.1 Å². The monoisotopic (exact) mass is 410 g/mol. The van der Waals surface area contributed by atoms with Crippen molar-refractivity contribution in [2.45, 2.75) is 31.2 Å². The average molecular weight is 411 g/mol. The molecule has 1 aromatic heterocycles. The van der Waals surface area contributed by atoms with Crippen molar-refractivity contribution in [2.75, 3.05) is 0 Å². The van der Waals surface area contributed by atoms with Crippen LogP contribution in [0.15, 0.2) is 53.3 Å². The standard InChI is InChI=1S/C22H19ClN2O4/c23-16-9-13-11-17(20(27)28)19(26)25-18(13)14(10-16)12-24-21(29)22(7-4-8-22)15-5-2-1-3-6-15/h1-3,5-6,9-11H,4,7-8,12H2,(H,24,29)(H,25,26)(H,27,28). The largest absolute Gasteiger partial charge is 0.477 e. The molecule has 0 unspecified atom stereocenters. The molecule has 1 aliphatic rings. The first-order valence-electron chi connectivity index (χ1n) is 9.33. The number of fused-ring (bicyclic) bond motifs is 1. The lowest BCUT2D eigenvalue weighted by Gasteiger charge is -2.40. The van der Waals surface area contributed by atoms with E-state index >= 15 is 0 Å². The minimum Gasteiger partial charge on any atom is -0.477 e. The van der Waals surface area contributed by atoms with Gasteiger partial charge in [-0.3, -0.25) is 9.59 Å². The smallest absolute Gasteiger partial charge is 0.341 e. The molecule has 0 aliphatic heterocycles. The summed E-state index contributed by atoms with van der Waals surface area (Å²) in [6.45, 7) is 0.173.